The van der Waals surface area contributed by atoms with Gasteiger partial charge in [0.15, 0.2) is 0 Å². The van der Waals surface area contributed by atoms with Crippen molar-refractivity contribution in [2.24, 2.45) is 5.73 Å². The molecule has 0 aromatic heterocycles. The molecular weight excluding hydrogens is 224 g/mol. The molecule has 1 unspecified atom stereocenters. The minimum Gasteiger partial charge on any atom is -0.379 e. The predicted molar refractivity (Wildman–Crippen MR) is 67.0 cm³/mol. The highest BCUT2D eigenvalue weighted by molar-refractivity contribution is 6.31. The number of ether oxygens (including phenoxy) is 1. The van der Waals surface area contributed by atoms with E-state index in [0.717, 1.165) is 29.3 Å². The number of anilines is 1. The second-order valence-electron chi connectivity index (χ2n) is 4.38. The van der Waals surface area contributed by atoms with Gasteiger partial charge < -0.3 is 15.8 Å². The summed E-state index contributed by atoms with van der Waals surface area (Å²) in [5, 5.41) is 4.21. The number of aryl methyl sites for hydroxylation is 1. The smallest absolute Gasteiger partial charge is 0.0750 e. The number of nitrogens with one attached hydrogen (secondary N) is 1. The third-order valence-electron chi connectivity index (χ3n) is 3.08. The first-order chi connectivity index (χ1) is 7.65. The van der Waals surface area contributed by atoms with Crippen molar-refractivity contribution in [3.63, 3.8) is 0 Å². The van der Waals surface area contributed by atoms with Crippen LogP contribution in [0.5, 0.6) is 0 Å². The van der Waals surface area contributed by atoms with Gasteiger partial charge in [-0.15, -0.1) is 0 Å². The molecule has 1 aliphatic rings. The standard InChI is InChI=1S/C12H17ClN2O/c1-9-2-3-10(6-11(9)13)15-12(7-14)4-5-16-8-12/h2-3,6,15H,4-5,7-8,14H2,1H3. The normalized spacial score (nSPS) is 24.7. The molecule has 1 saturated heterocycles. The Morgan fingerprint density at radius 1 is 1.56 bits per heavy atom. The van der Waals surface area contributed by atoms with E-state index < -0.39 is 0 Å². The zero-order valence-corrected chi connectivity index (χ0v) is 10.2. The fourth-order valence-corrected chi connectivity index (χ4v) is 2.08. The number of rotatable bonds is 3. The van der Waals surface area contributed by atoms with Gasteiger partial charge in [0.2, 0.25) is 0 Å². The molecule has 0 radical (unpaired) electrons. The fourth-order valence-electron chi connectivity index (χ4n) is 1.89. The maximum absolute atomic E-state index is 6.09. The molecule has 2 rings (SSSR count). The molecule has 1 aromatic rings. The van der Waals surface area contributed by atoms with Crippen molar-refractivity contribution < 1.29 is 4.74 Å². The lowest BCUT2D eigenvalue weighted by Gasteiger charge is -2.28. The molecule has 1 atom stereocenters. The zero-order valence-electron chi connectivity index (χ0n) is 9.42. The Bertz CT molecular complexity index is 375. The van der Waals surface area contributed by atoms with E-state index >= 15 is 0 Å². The largest absolute Gasteiger partial charge is 0.379 e. The van der Waals surface area contributed by atoms with E-state index in [9.17, 15) is 0 Å². The third-order valence-corrected chi connectivity index (χ3v) is 3.48. The van der Waals surface area contributed by atoms with Gasteiger partial charge >= 0.3 is 0 Å². The molecule has 16 heavy (non-hydrogen) atoms. The van der Waals surface area contributed by atoms with E-state index in [1.54, 1.807) is 0 Å². The van der Waals surface area contributed by atoms with E-state index in [-0.39, 0.29) is 5.54 Å². The van der Waals surface area contributed by atoms with Crippen LogP contribution in [-0.2, 0) is 4.74 Å². The Labute approximate surface area is 101 Å². The molecule has 0 bridgehead atoms. The summed E-state index contributed by atoms with van der Waals surface area (Å²) < 4.78 is 5.40. The fraction of sp³-hybridized carbons (Fsp3) is 0.500. The maximum Gasteiger partial charge on any atom is 0.0750 e. The first-order valence-electron chi connectivity index (χ1n) is 5.47. The van der Waals surface area contributed by atoms with Crippen LogP contribution < -0.4 is 11.1 Å². The van der Waals surface area contributed by atoms with Gasteiger partial charge in [-0.2, -0.15) is 0 Å². The van der Waals surface area contributed by atoms with Crippen molar-refractivity contribution >= 4 is 17.3 Å². The lowest BCUT2D eigenvalue weighted by atomic mass is 9.98. The number of nitrogens with two attached hydrogens (primary N) is 1. The molecule has 3 N–H and O–H groups in total. The van der Waals surface area contributed by atoms with E-state index in [1.165, 1.54) is 0 Å². The number of hydrogen-bond acceptors (Lipinski definition) is 3. The van der Waals surface area contributed by atoms with Crippen LogP contribution in [0.1, 0.15) is 12.0 Å². The van der Waals surface area contributed by atoms with Gasteiger partial charge in [-0.25, -0.2) is 0 Å². The summed E-state index contributed by atoms with van der Waals surface area (Å²) in [6.07, 6.45) is 0.939. The molecule has 0 aliphatic carbocycles. The minimum atomic E-state index is -0.126. The van der Waals surface area contributed by atoms with Crippen LogP contribution in [0, 0.1) is 6.92 Å². The van der Waals surface area contributed by atoms with Crippen LogP contribution in [0.2, 0.25) is 5.02 Å². The topological polar surface area (TPSA) is 47.3 Å². The molecule has 0 spiro atoms. The van der Waals surface area contributed by atoms with E-state index in [4.69, 9.17) is 22.1 Å². The van der Waals surface area contributed by atoms with Gasteiger partial charge in [0.1, 0.15) is 0 Å². The van der Waals surface area contributed by atoms with Crippen molar-refractivity contribution in [1.82, 2.24) is 0 Å². The van der Waals surface area contributed by atoms with Crippen molar-refractivity contribution in [2.45, 2.75) is 18.9 Å². The summed E-state index contributed by atoms with van der Waals surface area (Å²) in [6, 6.07) is 5.97. The summed E-state index contributed by atoms with van der Waals surface area (Å²) in [5.41, 5.74) is 7.77. The highest BCUT2D eigenvalue weighted by atomic mass is 35.5. The first-order valence-corrected chi connectivity index (χ1v) is 5.85. The van der Waals surface area contributed by atoms with Crippen molar-refractivity contribution in [2.75, 3.05) is 25.1 Å². The highest BCUT2D eigenvalue weighted by Gasteiger charge is 2.33. The van der Waals surface area contributed by atoms with E-state index in [2.05, 4.69) is 5.32 Å². The minimum absolute atomic E-state index is 0.126. The average Bonchev–Trinajstić information content (AvgIpc) is 2.73. The Morgan fingerprint density at radius 2 is 2.38 bits per heavy atom. The Balaban J connectivity index is 2.16. The lowest BCUT2D eigenvalue weighted by molar-refractivity contribution is 0.183. The van der Waals surface area contributed by atoms with E-state index in [1.807, 2.05) is 25.1 Å². The van der Waals surface area contributed by atoms with Crippen LogP contribution >= 0.6 is 11.6 Å². The summed E-state index contributed by atoms with van der Waals surface area (Å²) >= 11 is 6.09. The van der Waals surface area contributed by atoms with Gasteiger partial charge in [-0.3, -0.25) is 0 Å². The first kappa shape index (κ1) is 11.7. The summed E-state index contributed by atoms with van der Waals surface area (Å²) in [7, 11) is 0. The van der Waals surface area contributed by atoms with E-state index in [0.29, 0.717) is 13.2 Å². The second kappa shape index (κ2) is 4.62. The molecule has 4 heteroatoms. The van der Waals surface area contributed by atoms with Gasteiger partial charge in [-0.05, 0) is 31.0 Å². The monoisotopic (exact) mass is 240 g/mol. The quantitative estimate of drug-likeness (QED) is 0.852. The van der Waals surface area contributed by atoms with Crippen LogP contribution in [0.3, 0.4) is 0 Å². The molecule has 1 aliphatic heterocycles. The molecule has 0 saturated carbocycles. The molecule has 1 fully saturated rings. The van der Waals surface area contributed by atoms with Crippen LogP contribution in [0.25, 0.3) is 0 Å². The van der Waals surface area contributed by atoms with Crippen LogP contribution in [0.4, 0.5) is 5.69 Å². The summed E-state index contributed by atoms with van der Waals surface area (Å²) in [5.74, 6) is 0. The summed E-state index contributed by atoms with van der Waals surface area (Å²) in [4.78, 5) is 0. The van der Waals surface area contributed by atoms with Gasteiger partial charge in [0, 0.05) is 23.9 Å². The summed E-state index contributed by atoms with van der Waals surface area (Å²) in [6.45, 7) is 3.99. The van der Waals surface area contributed by atoms with Crippen LogP contribution in [0.15, 0.2) is 18.2 Å². The SMILES string of the molecule is Cc1ccc(NC2(CN)CCOC2)cc1Cl. The molecule has 3 nitrogen and oxygen atoms in total. The van der Waals surface area contributed by atoms with Crippen molar-refractivity contribution in [3.05, 3.63) is 28.8 Å². The van der Waals surface area contributed by atoms with Crippen molar-refractivity contribution in [3.8, 4) is 0 Å². The molecular formula is C12H17ClN2O. The van der Waals surface area contributed by atoms with Gasteiger partial charge in [-0.1, -0.05) is 17.7 Å². The molecule has 1 aromatic carbocycles. The second-order valence-corrected chi connectivity index (χ2v) is 4.78. The predicted octanol–water partition coefficient (Wildman–Crippen LogP) is 2.18. The van der Waals surface area contributed by atoms with Crippen LogP contribution in [-0.4, -0.2) is 25.3 Å². The van der Waals surface area contributed by atoms with Gasteiger partial charge in [0.25, 0.3) is 0 Å². The van der Waals surface area contributed by atoms with Crippen molar-refractivity contribution in [1.29, 1.82) is 0 Å². The average molecular weight is 241 g/mol. The third kappa shape index (κ3) is 2.32. The van der Waals surface area contributed by atoms with Gasteiger partial charge in [0.05, 0.1) is 12.1 Å². The number of hydrogen-bond donors (Lipinski definition) is 2. The number of benzene rings is 1. The molecule has 0 amide bonds. The zero-order chi connectivity index (χ0) is 11.6. The lowest BCUT2D eigenvalue weighted by Crippen LogP contribution is -2.46. The Morgan fingerprint density at radius 3 is 2.94 bits per heavy atom. The molecule has 88 valence electrons. The maximum atomic E-state index is 6.09. The Kier molecular flexibility index (Phi) is 3.38. The highest BCUT2D eigenvalue weighted by Crippen LogP contribution is 2.26. The number of halogens is 1. The molecule has 1 heterocycles. The Hall–Kier alpha value is -0.770.